The van der Waals surface area contributed by atoms with E-state index in [9.17, 15) is 14.7 Å². The van der Waals surface area contributed by atoms with Crippen LogP contribution < -0.4 is 5.32 Å². The normalized spacial score (nSPS) is 18.1. The van der Waals surface area contributed by atoms with Crippen molar-refractivity contribution in [2.75, 3.05) is 38.3 Å². The van der Waals surface area contributed by atoms with E-state index in [2.05, 4.69) is 15.6 Å². The highest BCUT2D eigenvalue weighted by atomic mass is 16.5. The van der Waals surface area contributed by atoms with Crippen molar-refractivity contribution in [1.82, 2.24) is 19.9 Å². The molecule has 22 heavy (non-hydrogen) atoms. The standard InChI is InChI=1S/C12H19N5O5/c1-2-22-12(20)13-10-5-16(15-14-10)6-11(19)17-3-4-21-8-9(17)7-18/h5,9,18H,2-4,6-8H2,1H3,(H,13,20). The molecule has 1 aromatic heterocycles. The van der Waals surface area contributed by atoms with E-state index in [0.29, 0.717) is 19.8 Å². The van der Waals surface area contributed by atoms with Crippen molar-refractivity contribution in [3.05, 3.63) is 6.20 Å². The van der Waals surface area contributed by atoms with Crippen LogP contribution in [-0.4, -0.2) is 76.0 Å². The predicted molar refractivity (Wildman–Crippen MR) is 74.1 cm³/mol. The minimum atomic E-state index is -0.630. The van der Waals surface area contributed by atoms with Crippen molar-refractivity contribution in [3.8, 4) is 0 Å². The van der Waals surface area contributed by atoms with Crippen LogP contribution in [0, 0.1) is 0 Å². The average molecular weight is 313 g/mol. The number of aromatic nitrogens is 3. The van der Waals surface area contributed by atoms with E-state index in [1.807, 2.05) is 0 Å². The number of hydrogen-bond acceptors (Lipinski definition) is 7. The summed E-state index contributed by atoms with van der Waals surface area (Å²) in [6.45, 7) is 2.93. The predicted octanol–water partition coefficient (Wildman–Crippen LogP) is -0.934. The van der Waals surface area contributed by atoms with Gasteiger partial charge in [0.1, 0.15) is 6.54 Å². The van der Waals surface area contributed by atoms with Gasteiger partial charge in [-0.05, 0) is 6.92 Å². The number of carbonyl (C=O) groups is 2. The van der Waals surface area contributed by atoms with Crippen LogP contribution in [0.15, 0.2) is 6.20 Å². The summed E-state index contributed by atoms with van der Waals surface area (Å²) < 4.78 is 11.3. The third-order valence-corrected chi connectivity index (χ3v) is 3.10. The molecule has 10 nitrogen and oxygen atoms in total. The molecular weight excluding hydrogens is 294 g/mol. The summed E-state index contributed by atoms with van der Waals surface area (Å²) in [4.78, 5) is 25.0. The van der Waals surface area contributed by atoms with Crippen LogP contribution in [0.3, 0.4) is 0 Å². The summed E-state index contributed by atoms with van der Waals surface area (Å²) in [5.74, 6) is 0.00173. The molecular formula is C12H19N5O5. The number of amides is 2. The average Bonchev–Trinajstić information content (AvgIpc) is 2.94. The summed E-state index contributed by atoms with van der Waals surface area (Å²) in [5, 5.41) is 19.2. The van der Waals surface area contributed by atoms with Crippen LogP contribution >= 0.6 is 0 Å². The molecule has 0 bridgehead atoms. The van der Waals surface area contributed by atoms with Crippen molar-refractivity contribution >= 4 is 17.8 Å². The lowest BCUT2D eigenvalue weighted by Crippen LogP contribution is -2.51. The zero-order chi connectivity index (χ0) is 15.9. The number of rotatable bonds is 5. The molecule has 2 amide bonds. The molecule has 0 radical (unpaired) electrons. The van der Waals surface area contributed by atoms with Crippen LogP contribution in [0.5, 0.6) is 0 Å². The molecule has 0 saturated carbocycles. The van der Waals surface area contributed by atoms with Crippen LogP contribution in [-0.2, 0) is 20.8 Å². The highest BCUT2D eigenvalue weighted by molar-refractivity contribution is 5.83. The van der Waals surface area contributed by atoms with Crippen molar-refractivity contribution in [2.45, 2.75) is 19.5 Å². The highest BCUT2D eigenvalue weighted by Gasteiger charge is 2.27. The van der Waals surface area contributed by atoms with E-state index >= 15 is 0 Å². The van der Waals surface area contributed by atoms with Gasteiger partial charge in [0.2, 0.25) is 5.91 Å². The largest absolute Gasteiger partial charge is 0.450 e. The summed E-state index contributed by atoms with van der Waals surface area (Å²) in [6.07, 6.45) is 0.804. The first-order valence-corrected chi connectivity index (χ1v) is 6.96. The number of aliphatic hydroxyl groups is 1. The van der Waals surface area contributed by atoms with Crippen LogP contribution in [0.4, 0.5) is 10.6 Å². The van der Waals surface area contributed by atoms with Crippen molar-refractivity contribution < 1.29 is 24.2 Å². The van der Waals surface area contributed by atoms with Crippen molar-refractivity contribution in [1.29, 1.82) is 0 Å². The number of morpholine rings is 1. The van der Waals surface area contributed by atoms with E-state index in [-0.39, 0.29) is 37.5 Å². The van der Waals surface area contributed by atoms with Crippen molar-refractivity contribution in [2.24, 2.45) is 0 Å². The Labute approximate surface area is 127 Å². The molecule has 10 heteroatoms. The Hall–Kier alpha value is -2.20. The Kier molecular flexibility index (Phi) is 5.67. The lowest BCUT2D eigenvalue weighted by Gasteiger charge is -2.34. The van der Waals surface area contributed by atoms with Gasteiger partial charge in [-0.25, -0.2) is 9.48 Å². The second kappa shape index (κ2) is 7.71. The first-order valence-electron chi connectivity index (χ1n) is 6.96. The lowest BCUT2D eigenvalue weighted by molar-refractivity contribution is -0.142. The molecule has 1 aliphatic rings. The van der Waals surface area contributed by atoms with Crippen molar-refractivity contribution in [3.63, 3.8) is 0 Å². The molecule has 0 aliphatic carbocycles. The monoisotopic (exact) mass is 313 g/mol. The molecule has 2 rings (SSSR count). The first kappa shape index (κ1) is 16.2. The zero-order valence-corrected chi connectivity index (χ0v) is 12.3. The Bertz CT molecular complexity index is 520. The van der Waals surface area contributed by atoms with Gasteiger partial charge in [0, 0.05) is 6.54 Å². The molecule has 122 valence electrons. The summed E-state index contributed by atoms with van der Waals surface area (Å²) in [5.41, 5.74) is 0. The van der Waals surface area contributed by atoms with Gasteiger partial charge in [0.25, 0.3) is 0 Å². The Morgan fingerprint density at radius 2 is 2.41 bits per heavy atom. The van der Waals surface area contributed by atoms with Gasteiger partial charge in [-0.3, -0.25) is 10.1 Å². The molecule has 0 aromatic carbocycles. The minimum Gasteiger partial charge on any atom is -0.450 e. The number of ether oxygens (including phenoxy) is 2. The highest BCUT2D eigenvalue weighted by Crippen LogP contribution is 2.08. The molecule has 2 N–H and O–H groups in total. The number of nitrogens with one attached hydrogen (secondary N) is 1. The van der Waals surface area contributed by atoms with Gasteiger partial charge in [0.05, 0.1) is 38.7 Å². The molecule has 1 saturated heterocycles. The number of aliphatic hydroxyl groups excluding tert-OH is 1. The lowest BCUT2D eigenvalue weighted by atomic mass is 10.2. The maximum Gasteiger partial charge on any atom is 0.412 e. The second-order valence-corrected chi connectivity index (χ2v) is 4.65. The molecule has 1 aliphatic heterocycles. The van der Waals surface area contributed by atoms with Gasteiger partial charge in [-0.1, -0.05) is 5.21 Å². The fourth-order valence-corrected chi connectivity index (χ4v) is 2.07. The van der Waals surface area contributed by atoms with Crippen LogP contribution in [0.1, 0.15) is 6.92 Å². The summed E-state index contributed by atoms with van der Waals surface area (Å²) >= 11 is 0. The van der Waals surface area contributed by atoms with Gasteiger partial charge < -0.3 is 19.5 Å². The summed E-state index contributed by atoms with van der Waals surface area (Å²) in [7, 11) is 0. The Balaban J connectivity index is 1.91. The summed E-state index contributed by atoms with van der Waals surface area (Å²) in [6, 6.07) is -0.345. The van der Waals surface area contributed by atoms with Gasteiger partial charge in [-0.15, -0.1) is 5.10 Å². The SMILES string of the molecule is CCOC(=O)Nc1cn(CC(=O)N2CCOCC2CO)nn1. The maximum atomic E-state index is 12.2. The van der Waals surface area contributed by atoms with Gasteiger partial charge in [-0.2, -0.15) is 0 Å². The third kappa shape index (κ3) is 4.15. The Morgan fingerprint density at radius 1 is 1.59 bits per heavy atom. The van der Waals surface area contributed by atoms with E-state index in [1.165, 1.54) is 10.9 Å². The molecule has 1 aromatic rings. The Morgan fingerprint density at radius 3 is 3.14 bits per heavy atom. The molecule has 2 heterocycles. The van der Waals surface area contributed by atoms with E-state index in [4.69, 9.17) is 9.47 Å². The molecule has 1 atom stereocenters. The minimum absolute atomic E-state index is 0.0337. The zero-order valence-electron chi connectivity index (χ0n) is 12.3. The van der Waals surface area contributed by atoms with Crippen LogP contribution in [0.2, 0.25) is 0 Å². The van der Waals surface area contributed by atoms with Crippen LogP contribution in [0.25, 0.3) is 0 Å². The number of anilines is 1. The first-order chi connectivity index (χ1) is 10.6. The fourth-order valence-electron chi connectivity index (χ4n) is 2.07. The fraction of sp³-hybridized carbons (Fsp3) is 0.667. The van der Waals surface area contributed by atoms with E-state index in [0.717, 1.165) is 0 Å². The number of carbonyl (C=O) groups excluding carboxylic acids is 2. The third-order valence-electron chi connectivity index (χ3n) is 3.10. The van der Waals surface area contributed by atoms with Gasteiger partial charge in [0.15, 0.2) is 5.82 Å². The van der Waals surface area contributed by atoms with E-state index in [1.54, 1.807) is 11.8 Å². The van der Waals surface area contributed by atoms with Gasteiger partial charge >= 0.3 is 6.09 Å². The quantitative estimate of drug-likeness (QED) is 0.720. The maximum absolute atomic E-state index is 12.2. The smallest absolute Gasteiger partial charge is 0.412 e. The topological polar surface area (TPSA) is 119 Å². The second-order valence-electron chi connectivity index (χ2n) is 4.65. The van der Waals surface area contributed by atoms with E-state index < -0.39 is 6.09 Å². The molecule has 0 spiro atoms. The molecule has 1 unspecified atom stereocenters. The number of hydrogen-bond donors (Lipinski definition) is 2. The molecule has 1 fully saturated rings. The number of nitrogens with zero attached hydrogens (tertiary/aromatic N) is 4.